The highest BCUT2D eigenvalue weighted by molar-refractivity contribution is 5.94. The molecule has 2 saturated heterocycles. The summed E-state index contributed by atoms with van der Waals surface area (Å²) in [5, 5.41) is 5.92. The summed E-state index contributed by atoms with van der Waals surface area (Å²) < 4.78 is 10.6. The van der Waals surface area contributed by atoms with Gasteiger partial charge in [0.25, 0.3) is 0 Å². The summed E-state index contributed by atoms with van der Waals surface area (Å²) in [5.41, 5.74) is 1.05. The van der Waals surface area contributed by atoms with Crippen LogP contribution >= 0.6 is 24.8 Å². The Labute approximate surface area is 147 Å². The van der Waals surface area contributed by atoms with Crippen molar-refractivity contribution in [3.63, 3.8) is 0 Å². The highest BCUT2D eigenvalue weighted by Crippen LogP contribution is 2.16. The molecule has 3 heterocycles. The summed E-state index contributed by atoms with van der Waals surface area (Å²) in [6, 6.07) is 3.49. The van der Waals surface area contributed by atoms with Gasteiger partial charge in [0, 0.05) is 19.6 Å². The van der Waals surface area contributed by atoms with Crippen molar-refractivity contribution in [1.82, 2.24) is 10.3 Å². The van der Waals surface area contributed by atoms with Gasteiger partial charge in [0.15, 0.2) is 0 Å². The Morgan fingerprint density at radius 2 is 2.00 bits per heavy atom. The van der Waals surface area contributed by atoms with Gasteiger partial charge in [0.05, 0.1) is 38.3 Å². The average Bonchev–Trinajstić information content (AvgIpc) is 2.57. The molecule has 1 unspecified atom stereocenters. The molecule has 0 bridgehead atoms. The van der Waals surface area contributed by atoms with Crippen molar-refractivity contribution < 1.29 is 14.3 Å². The van der Waals surface area contributed by atoms with E-state index >= 15 is 0 Å². The summed E-state index contributed by atoms with van der Waals surface area (Å²) in [5.74, 6) is 0.450. The Kier molecular flexibility index (Phi) is 8.57. The zero-order valence-electron chi connectivity index (χ0n) is 12.7. The van der Waals surface area contributed by atoms with E-state index < -0.39 is 0 Å². The third kappa shape index (κ3) is 5.47. The lowest BCUT2D eigenvalue weighted by Crippen LogP contribution is -2.48. The molecule has 0 radical (unpaired) electrons. The molecular weight excluding hydrogens is 343 g/mol. The Morgan fingerprint density at radius 3 is 2.61 bits per heavy atom. The molecule has 2 aliphatic rings. The van der Waals surface area contributed by atoms with Crippen LogP contribution in [-0.4, -0.2) is 63.0 Å². The van der Waals surface area contributed by atoms with Gasteiger partial charge < -0.3 is 25.0 Å². The van der Waals surface area contributed by atoms with Crippen molar-refractivity contribution in [2.24, 2.45) is 0 Å². The maximum atomic E-state index is 12.0. The van der Waals surface area contributed by atoms with Crippen molar-refractivity contribution in [3.8, 4) is 0 Å². The van der Waals surface area contributed by atoms with E-state index in [4.69, 9.17) is 9.47 Å². The fraction of sp³-hybridized carbons (Fsp3) is 0.571. The lowest BCUT2D eigenvalue weighted by molar-refractivity contribution is -0.120. The number of rotatable bonds is 3. The predicted octanol–water partition coefficient (Wildman–Crippen LogP) is 0.689. The number of anilines is 2. The van der Waals surface area contributed by atoms with Gasteiger partial charge in [-0.05, 0) is 12.1 Å². The molecule has 130 valence electrons. The maximum absolute atomic E-state index is 12.0. The molecule has 2 fully saturated rings. The molecule has 1 atom stereocenters. The molecule has 3 rings (SSSR count). The molecule has 0 saturated carbocycles. The van der Waals surface area contributed by atoms with E-state index in [1.165, 1.54) is 0 Å². The van der Waals surface area contributed by atoms with Crippen LogP contribution in [-0.2, 0) is 14.3 Å². The zero-order valence-corrected chi connectivity index (χ0v) is 14.3. The van der Waals surface area contributed by atoms with E-state index in [0.29, 0.717) is 25.6 Å². The van der Waals surface area contributed by atoms with Crippen molar-refractivity contribution >= 4 is 42.2 Å². The molecule has 9 heteroatoms. The highest BCUT2D eigenvalue weighted by atomic mass is 35.5. The van der Waals surface area contributed by atoms with Crippen LogP contribution in [0.5, 0.6) is 0 Å². The van der Waals surface area contributed by atoms with Gasteiger partial charge in [-0.1, -0.05) is 0 Å². The number of amides is 1. The summed E-state index contributed by atoms with van der Waals surface area (Å²) in [6.45, 7) is 4.97. The second kappa shape index (κ2) is 9.89. The molecule has 2 N–H and O–H groups in total. The quantitative estimate of drug-likeness (QED) is 0.821. The number of nitrogens with zero attached hydrogens (tertiary/aromatic N) is 2. The fourth-order valence-corrected chi connectivity index (χ4v) is 2.42. The van der Waals surface area contributed by atoms with Crippen molar-refractivity contribution in [3.05, 3.63) is 18.3 Å². The first kappa shape index (κ1) is 19.9. The lowest BCUT2D eigenvalue weighted by atomic mass is 10.2. The number of aromatic nitrogens is 1. The monoisotopic (exact) mass is 364 g/mol. The van der Waals surface area contributed by atoms with Crippen LogP contribution in [0.2, 0.25) is 0 Å². The van der Waals surface area contributed by atoms with Gasteiger partial charge >= 0.3 is 0 Å². The number of pyridine rings is 1. The van der Waals surface area contributed by atoms with E-state index in [1.54, 1.807) is 6.20 Å². The van der Waals surface area contributed by atoms with Gasteiger partial charge in [-0.25, -0.2) is 4.98 Å². The van der Waals surface area contributed by atoms with Gasteiger partial charge in [-0.2, -0.15) is 0 Å². The number of carbonyl (C=O) groups is 1. The molecule has 1 amide bonds. The second-order valence-electron chi connectivity index (χ2n) is 5.07. The normalized spacial score (nSPS) is 20.9. The molecular formula is C14H22Cl2N4O3. The topological polar surface area (TPSA) is 75.7 Å². The standard InChI is InChI=1S/C14H20N4O3.2ClH/c19-14(12-10-21-6-3-15-12)17-13-2-1-11(9-16-13)18-4-7-20-8-5-18;;/h1-2,9,12,15H,3-8,10H2,(H,16,17,19);2*1H. The minimum Gasteiger partial charge on any atom is -0.378 e. The van der Waals surface area contributed by atoms with Crippen LogP contribution in [0.3, 0.4) is 0 Å². The van der Waals surface area contributed by atoms with E-state index in [9.17, 15) is 4.79 Å². The number of carbonyl (C=O) groups excluding carboxylic acids is 1. The first-order chi connectivity index (χ1) is 10.3. The molecule has 0 aromatic carbocycles. The molecule has 0 aliphatic carbocycles. The minimum atomic E-state index is -0.306. The Balaban J connectivity index is 0.00000132. The van der Waals surface area contributed by atoms with Crippen molar-refractivity contribution in [2.75, 3.05) is 56.3 Å². The van der Waals surface area contributed by atoms with E-state index in [2.05, 4.69) is 20.5 Å². The van der Waals surface area contributed by atoms with E-state index in [1.807, 2.05) is 12.1 Å². The summed E-state index contributed by atoms with van der Waals surface area (Å²) in [4.78, 5) is 18.6. The smallest absolute Gasteiger partial charge is 0.245 e. The number of halogens is 2. The molecule has 23 heavy (non-hydrogen) atoms. The number of hydrogen-bond acceptors (Lipinski definition) is 6. The van der Waals surface area contributed by atoms with Crippen LogP contribution < -0.4 is 15.5 Å². The van der Waals surface area contributed by atoms with Crippen LogP contribution in [0.4, 0.5) is 11.5 Å². The third-order valence-electron chi connectivity index (χ3n) is 3.61. The summed E-state index contributed by atoms with van der Waals surface area (Å²) in [7, 11) is 0. The molecule has 2 aliphatic heterocycles. The SMILES string of the molecule is Cl.Cl.O=C(Nc1ccc(N2CCOCC2)cn1)C1COCCN1. The molecule has 7 nitrogen and oxygen atoms in total. The molecule has 1 aromatic heterocycles. The van der Waals surface area contributed by atoms with Crippen LogP contribution in [0.25, 0.3) is 0 Å². The average molecular weight is 365 g/mol. The van der Waals surface area contributed by atoms with Crippen molar-refractivity contribution in [1.29, 1.82) is 0 Å². The number of morpholine rings is 2. The second-order valence-corrected chi connectivity index (χ2v) is 5.07. The first-order valence-corrected chi connectivity index (χ1v) is 7.24. The van der Waals surface area contributed by atoms with Gasteiger partial charge in [0.1, 0.15) is 11.9 Å². The Morgan fingerprint density at radius 1 is 1.22 bits per heavy atom. The van der Waals surface area contributed by atoms with Gasteiger partial charge in [-0.15, -0.1) is 24.8 Å². The summed E-state index contributed by atoms with van der Waals surface area (Å²) in [6.07, 6.45) is 1.78. The third-order valence-corrected chi connectivity index (χ3v) is 3.61. The highest BCUT2D eigenvalue weighted by Gasteiger charge is 2.21. The van der Waals surface area contributed by atoms with Gasteiger partial charge in [-0.3, -0.25) is 4.79 Å². The predicted molar refractivity (Wildman–Crippen MR) is 93.0 cm³/mol. The van der Waals surface area contributed by atoms with Crippen molar-refractivity contribution in [2.45, 2.75) is 6.04 Å². The van der Waals surface area contributed by atoms with Crippen LogP contribution in [0.15, 0.2) is 18.3 Å². The minimum absolute atomic E-state index is 0. The largest absolute Gasteiger partial charge is 0.378 e. The van der Waals surface area contributed by atoms with Gasteiger partial charge in [0.2, 0.25) is 5.91 Å². The molecule has 0 spiro atoms. The van der Waals surface area contributed by atoms with E-state index in [0.717, 1.165) is 32.0 Å². The first-order valence-electron chi connectivity index (χ1n) is 7.24. The van der Waals surface area contributed by atoms with Crippen LogP contribution in [0.1, 0.15) is 0 Å². The molecule has 1 aromatic rings. The fourth-order valence-electron chi connectivity index (χ4n) is 2.42. The maximum Gasteiger partial charge on any atom is 0.245 e. The van der Waals surface area contributed by atoms with Crippen LogP contribution in [0, 0.1) is 0 Å². The lowest BCUT2D eigenvalue weighted by Gasteiger charge is -2.28. The van der Waals surface area contributed by atoms with E-state index in [-0.39, 0.29) is 36.8 Å². The number of ether oxygens (including phenoxy) is 2. The Hall–Kier alpha value is -1.12. The summed E-state index contributed by atoms with van der Waals surface area (Å²) >= 11 is 0. The number of nitrogens with one attached hydrogen (secondary N) is 2. The number of hydrogen-bond donors (Lipinski definition) is 2. The Bertz CT molecular complexity index is 477. The zero-order chi connectivity index (χ0) is 14.5.